The van der Waals surface area contributed by atoms with Gasteiger partial charge in [-0.15, -0.1) is 0 Å². The SMILES string of the molecule is CCCCOc1ccc(/C=C/CCC2(C(C)CCC)CCCCC2)cc1. The van der Waals surface area contributed by atoms with Crippen LogP contribution in [0.15, 0.2) is 30.3 Å². The Bertz CT molecular complexity index is 507. The molecule has 1 nitrogen and oxygen atoms in total. The van der Waals surface area contributed by atoms with Crippen molar-refractivity contribution in [3.8, 4) is 5.75 Å². The number of allylic oxidation sites excluding steroid dienone is 1. The van der Waals surface area contributed by atoms with Crippen LogP contribution in [0.2, 0.25) is 0 Å². The summed E-state index contributed by atoms with van der Waals surface area (Å²) in [6.45, 7) is 7.86. The summed E-state index contributed by atoms with van der Waals surface area (Å²) in [4.78, 5) is 0. The number of unbranched alkanes of at least 4 members (excludes halogenated alkanes) is 1. The van der Waals surface area contributed by atoms with Crippen molar-refractivity contribution in [1.82, 2.24) is 0 Å². The summed E-state index contributed by atoms with van der Waals surface area (Å²) in [7, 11) is 0. The average Bonchev–Trinajstić information content (AvgIpc) is 2.67. The zero-order valence-electron chi connectivity index (χ0n) is 17.4. The summed E-state index contributed by atoms with van der Waals surface area (Å²) in [6.07, 6.45) is 19.5. The Morgan fingerprint density at radius 3 is 2.42 bits per heavy atom. The lowest BCUT2D eigenvalue weighted by atomic mass is 9.63. The fraction of sp³-hybridized carbons (Fsp3) is 0.680. The maximum absolute atomic E-state index is 5.74. The normalized spacial score (nSPS) is 18.1. The van der Waals surface area contributed by atoms with Crippen molar-refractivity contribution in [2.75, 3.05) is 6.61 Å². The third kappa shape index (κ3) is 6.49. The van der Waals surface area contributed by atoms with Gasteiger partial charge in [-0.1, -0.05) is 83.6 Å². The Hall–Kier alpha value is -1.24. The molecule has 26 heavy (non-hydrogen) atoms. The van der Waals surface area contributed by atoms with E-state index < -0.39 is 0 Å². The highest BCUT2D eigenvalue weighted by Crippen LogP contribution is 2.47. The first-order chi connectivity index (χ1) is 12.7. The van der Waals surface area contributed by atoms with E-state index in [1.165, 1.54) is 69.8 Å². The number of hydrogen-bond acceptors (Lipinski definition) is 1. The number of ether oxygens (including phenoxy) is 1. The highest BCUT2D eigenvalue weighted by Gasteiger charge is 2.35. The van der Waals surface area contributed by atoms with E-state index >= 15 is 0 Å². The molecule has 0 aliphatic heterocycles. The van der Waals surface area contributed by atoms with Gasteiger partial charge in [-0.05, 0) is 61.1 Å². The minimum absolute atomic E-state index is 0.607. The van der Waals surface area contributed by atoms with Crippen molar-refractivity contribution in [2.24, 2.45) is 11.3 Å². The van der Waals surface area contributed by atoms with E-state index in [4.69, 9.17) is 4.74 Å². The van der Waals surface area contributed by atoms with Crippen LogP contribution in [0, 0.1) is 11.3 Å². The van der Waals surface area contributed by atoms with Crippen LogP contribution >= 0.6 is 0 Å². The molecule has 1 fully saturated rings. The van der Waals surface area contributed by atoms with Crippen LogP contribution in [0.1, 0.15) is 97.0 Å². The quantitative estimate of drug-likeness (QED) is 0.364. The Labute approximate surface area is 162 Å². The van der Waals surface area contributed by atoms with Crippen LogP contribution in [0.25, 0.3) is 6.08 Å². The van der Waals surface area contributed by atoms with Crippen LogP contribution in [0.4, 0.5) is 0 Å². The Kier molecular flexibility index (Phi) is 9.29. The highest BCUT2D eigenvalue weighted by molar-refractivity contribution is 5.50. The zero-order valence-corrected chi connectivity index (χ0v) is 17.4. The Morgan fingerprint density at radius 1 is 1.04 bits per heavy atom. The fourth-order valence-electron chi connectivity index (χ4n) is 4.58. The third-order valence-electron chi connectivity index (χ3n) is 6.38. The van der Waals surface area contributed by atoms with Gasteiger partial charge in [0.1, 0.15) is 5.75 Å². The minimum Gasteiger partial charge on any atom is -0.494 e. The lowest BCUT2D eigenvalue weighted by Crippen LogP contribution is -2.31. The number of benzene rings is 1. The molecular weight excluding hydrogens is 316 g/mol. The molecule has 0 aromatic heterocycles. The minimum atomic E-state index is 0.607. The molecule has 1 aliphatic carbocycles. The fourth-order valence-corrected chi connectivity index (χ4v) is 4.58. The molecule has 1 saturated carbocycles. The van der Waals surface area contributed by atoms with Gasteiger partial charge < -0.3 is 4.74 Å². The second-order valence-corrected chi connectivity index (χ2v) is 8.32. The molecule has 0 radical (unpaired) electrons. The predicted molar refractivity (Wildman–Crippen MR) is 115 cm³/mol. The molecule has 0 saturated heterocycles. The Morgan fingerprint density at radius 2 is 1.77 bits per heavy atom. The van der Waals surface area contributed by atoms with Crippen molar-refractivity contribution in [3.05, 3.63) is 35.9 Å². The van der Waals surface area contributed by atoms with Crippen LogP contribution in [0.3, 0.4) is 0 Å². The van der Waals surface area contributed by atoms with Crippen LogP contribution in [-0.4, -0.2) is 6.61 Å². The monoisotopic (exact) mass is 356 g/mol. The van der Waals surface area contributed by atoms with E-state index in [0.717, 1.165) is 24.7 Å². The van der Waals surface area contributed by atoms with Crippen LogP contribution in [-0.2, 0) is 0 Å². The summed E-state index contributed by atoms with van der Waals surface area (Å²) in [5, 5.41) is 0. The standard InChI is InChI=1S/C25H40O/c1-4-6-21-26-24-16-14-23(15-17-24)13-8-11-20-25(22(3)12-5-2)18-9-7-10-19-25/h8,13-17,22H,4-7,9-12,18-21H2,1-3H3/b13-8+. The van der Waals surface area contributed by atoms with E-state index in [1.807, 2.05) is 0 Å². The molecular formula is C25H40O. The van der Waals surface area contributed by atoms with Crippen molar-refractivity contribution in [2.45, 2.75) is 91.4 Å². The van der Waals surface area contributed by atoms with Crippen molar-refractivity contribution < 1.29 is 4.74 Å². The first-order valence-corrected chi connectivity index (χ1v) is 11.1. The lowest BCUT2D eigenvalue weighted by Gasteiger charge is -2.42. The molecule has 0 heterocycles. The molecule has 146 valence electrons. The van der Waals surface area contributed by atoms with Gasteiger partial charge in [-0.3, -0.25) is 0 Å². The van der Waals surface area contributed by atoms with Gasteiger partial charge in [0.05, 0.1) is 6.61 Å². The summed E-state index contributed by atoms with van der Waals surface area (Å²) >= 11 is 0. The van der Waals surface area contributed by atoms with E-state index in [1.54, 1.807) is 0 Å². The molecule has 1 aromatic rings. The van der Waals surface area contributed by atoms with Gasteiger partial charge in [-0.25, -0.2) is 0 Å². The summed E-state index contributed by atoms with van der Waals surface area (Å²) in [5.74, 6) is 1.87. The summed E-state index contributed by atoms with van der Waals surface area (Å²) in [5.41, 5.74) is 1.89. The second kappa shape index (κ2) is 11.5. The number of rotatable bonds is 11. The van der Waals surface area contributed by atoms with Crippen LogP contribution in [0.5, 0.6) is 5.75 Å². The molecule has 0 amide bonds. The molecule has 0 N–H and O–H groups in total. The molecule has 0 spiro atoms. The summed E-state index contributed by atoms with van der Waals surface area (Å²) < 4.78 is 5.74. The number of hydrogen-bond donors (Lipinski definition) is 0. The van der Waals surface area contributed by atoms with Gasteiger partial charge >= 0.3 is 0 Å². The van der Waals surface area contributed by atoms with Gasteiger partial charge in [0.2, 0.25) is 0 Å². The van der Waals surface area contributed by atoms with Gasteiger partial charge in [-0.2, -0.15) is 0 Å². The average molecular weight is 357 g/mol. The molecule has 1 heteroatoms. The van der Waals surface area contributed by atoms with E-state index in [2.05, 4.69) is 57.2 Å². The maximum Gasteiger partial charge on any atom is 0.119 e. The molecule has 2 rings (SSSR count). The topological polar surface area (TPSA) is 9.23 Å². The maximum atomic E-state index is 5.74. The molecule has 0 bridgehead atoms. The molecule has 1 aromatic carbocycles. The van der Waals surface area contributed by atoms with Crippen LogP contribution < -0.4 is 4.74 Å². The van der Waals surface area contributed by atoms with Crippen molar-refractivity contribution >= 4 is 6.08 Å². The highest BCUT2D eigenvalue weighted by atomic mass is 16.5. The van der Waals surface area contributed by atoms with Gasteiger partial charge in [0.25, 0.3) is 0 Å². The van der Waals surface area contributed by atoms with E-state index in [9.17, 15) is 0 Å². The molecule has 1 unspecified atom stereocenters. The molecule has 1 aliphatic rings. The first-order valence-electron chi connectivity index (χ1n) is 11.1. The smallest absolute Gasteiger partial charge is 0.119 e. The largest absolute Gasteiger partial charge is 0.494 e. The second-order valence-electron chi connectivity index (χ2n) is 8.32. The Balaban J connectivity index is 1.84. The summed E-state index contributed by atoms with van der Waals surface area (Å²) in [6, 6.07) is 8.55. The first kappa shape index (κ1) is 21.1. The predicted octanol–water partition coefficient (Wildman–Crippen LogP) is 8.05. The lowest BCUT2D eigenvalue weighted by molar-refractivity contribution is 0.0892. The van der Waals surface area contributed by atoms with Gasteiger partial charge in [0.15, 0.2) is 0 Å². The third-order valence-corrected chi connectivity index (χ3v) is 6.38. The van der Waals surface area contributed by atoms with Crippen molar-refractivity contribution in [1.29, 1.82) is 0 Å². The zero-order chi connectivity index (χ0) is 18.7. The van der Waals surface area contributed by atoms with E-state index in [-0.39, 0.29) is 0 Å². The van der Waals surface area contributed by atoms with Gasteiger partial charge in [0, 0.05) is 0 Å². The van der Waals surface area contributed by atoms with Crippen molar-refractivity contribution in [3.63, 3.8) is 0 Å². The van der Waals surface area contributed by atoms with E-state index in [0.29, 0.717) is 5.41 Å². The molecule has 1 atom stereocenters.